The van der Waals surface area contributed by atoms with E-state index in [0.29, 0.717) is 22.0 Å². The van der Waals surface area contributed by atoms with Crippen LogP contribution < -0.4 is 9.62 Å². The first kappa shape index (κ1) is 33.1. The number of benzene rings is 3. The molecule has 1 aliphatic carbocycles. The number of rotatable bonds is 13. The molecule has 0 aliphatic heterocycles. The smallest absolute Gasteiger partial charge is 0.243 e. The van der Waals surface area contributed by atoms with Crippen LogP contribution in [0.25, 0.3) is 0 Å². The molecule has 0 bridgehead atoms. The summed E-state index contributed by atoms with van der Waals surface area (Å²) in [4.78, 5) is 29.4. The maximum Gasteiger partial charge on any atom is 0.243 e. The molecule has 4 rings (SSSR count). The minimum absolute atomic E-state index is 0.00217. The summed E-state index contributed by atoms with van der Waals surface area (Å²) in [5, 5.41) is 4.25. The van der Waals surface area contributed by atoms with Gasteiger partial charge in [-0.05, 0) is 54.7 Å². The third-order valence-electron chi connectivity index (χ3n) is 7.60. The molecule has 1 N–H and O–H groups in total. The minimum atomic E-state index is -3.73. The molecule has 1 atom stereocenters. The Labute approximate surface area is 269 Å². The van der Waals surface area contributed by atoms with Gasteiger partial charge in [-0.3, -0.25) is 13.9 Å². The maximum absolute atomic E-state index is 14.0. The van der Waals surface area contributed by atoms with E-state index in [2.05, 4.69) is 5.32 Å². The van der Waals surface area contributed by atoms with Gasteiger partial charge in [-0.2, -0.15) is 0 Å². The predicted molar refractivity (Wildman–Crippen MR) is 174 cm³/mol. The van der Waals surface area contributed by atoms with Crippen molar-refractivity contribution >= 4 is 62.3 Å². The van der Waals surface area contributed by atoms with Crippen LogP contribution in [0.3, 0.4) is 0 Å². The van der Waals surface area contributed by atoms with Crippen LogP contribution in [-0.2, 0) is 32.6 Å². The Balaban J connectivity index is 1.61. The maximum atomic E-state index is 14.0. The van der Waals surface area contributed by atoms with Gasteiger partial charge in [-0.25, -0.2) is 8.42 Å². The van der Waals surface area contributed by atoms with Gasteiger partial charge >= 0.3 is 0 Å². The largest absolute Gasteiger partial charge is 0.352 e. The highest BCUT2D eigenvalue weighted by Crippen LogP contribution is 2.31. The molecule has 0 spiro atoms. The van der Waals surface area contributed by atoms with Crippen LogP contribution in [0.4, 0.5) is 5.69 Å². The molecule has 230 valence electrons. The molecular weight excluding hydrogens is 629 g/mol. The van der Waals surface area contributed by atoms with Crippen molar-refractivity contribution in [3.05, 3.63) is 99.0 Å². The zero-order chi connectivity index (χ0) is 31.0. The van der Waals surface area contributed by atoms with Gasteiger partial charge < -0.3 is 10.2 Å². The number of sulfonamides is 1. The normalized spacial score (nSPS) is 14.3. The van der Waals surface area contributed by atoms with E-state index in [-0.39, 0.29) is 54.5 Å². The number of amides is 2. The van der Waals surface area contributed by atoms with Crippen molar-refractivity contribution in [1.29, 1.82) is 0 Å². The van der Waals surface area contributed by atoms with Crippen molar-refractivity contribution in [2.45, 2.75) is 63.6 Å². The predicted octanol–water partition coefficient (Wildman–Crippen LogP) is 6.89. The fourth-order valence-corrected chi connectivity index (χ4v) is 6.99. The van der Waals surface area contributed by atoms with E-state index in [1.165, 1.54) is 12.1 Å². The molecule has 0 aromatic heterocycles. The van der Waals surface area contributed by atoms with Crippen LogP contribution in [0.15, 0.2) is 72.8 Å². The van der Waals surface area contributed by atoms with Crippen LogP contribution in [0.1, 0.15) is 49.7 Å². The van der Waals surface area contributed by atoms with Crippen LogP contribution in [0.5, 0.6) is 0 Å². The number of nitrogens with zero attached hydrogens (tertiary/aromatic N) is 2. The van der Waals surface area contributed by atoms with Crippen molar-refractivity contribution in [3.63, 3.8) is 0 Å². The van der Waals surface area contributed by atoms with Crippen molar-refractivity contribution in [1.82, 2.24) is 10.2 Å². The van der Waals surface area contributed by atoms with Gasteiger partial charge in [0.2, 0.25) is 21.8 Å². The average molecular weight is 665 g/mol. The second-order valence-electron chi connectivity index (χ2n) is 10.8. The highest BCUT2D eigenvalue weighted by atomic mass is 35.5. The van der Waals surface area contributed by atoms with Crippen molar-refractivity contribution in [3.8, 4) is 0 Å². The molecular formula is C32H36Cl3N3O4S. The van der Waals surface area contributed by atoms with Crippen molar-refractivity contribution in [2.75, 3.05) is 17.1 Å². The molecule has 0 saturated heterocycles. The van der Waals surface area contributed by atoms with E-state index >= 15 is 0 Å². The molecule has 1 unspecified atom stereocenters. The van der Waals surface area contributed by atoms with Gasteiger partial charge in [0.1, 0.15) is 6.04 Å². The van der Waals surface area contributed by atoms with Gasteiger partial charge in [-0.15, -0.1) is 0 Å². The number of carbonyl (C=O) groups excluding carboxylic acids is 2. The standard InChI is InChI=1S/C32H36Cl3N3O4S/c1-43(41,42)38(29-21-25(33)17-18-28(29)35)19-9-16-31(39)37(22-24-12-5-8-15-27(24)34)30(20-23-10-3-2-4-11-23)32(40)36-26-13-6-7-14-26/h2-5,8,10-12,15,17-18,21,26,30H,6-7,9,13-14,16,19-20,22H2,1H3,(H,36,40). The summed E-state index contributed by atoms with van der Waals surface area (Å²) in [5.74, 6) is -0.493. The Morgan fingerprint density at radius 1 is 0.930 bits per heavy atom. The minimum Gasteiger partial charge on any atom is -0.352 e. The zero-order valence-electron chi connectivity index (χ0n) is 24.0. The Morgan fingerprint density at radius 3 is 2.28 bits per heavy atom. The lowest BCUT2D eigenvalue weighted by Gasteiger charge is -2.33. The highest BCUT2D eigenvalue weighted by molar-refractivity contribution is 7.92. The van der Waals surface area contributed by atoms with E-state index in [0.717, 1.165) is 41.8 Å². The number of carbonyl (C=O) groups is 2. The fourth-order valence-electron chi connectivity index (χ4n) is 5.39. The van der Waals surface area contributed by atoms with E-state index < -0.39 is 16.1 Å². The average Bonchev–Trinajstić information content (AvgIpc) is 3.48. The quantitative estimate of drug-likeness (QED) is 0.216. The summed E-state index contributed by atoms with van der Waals surface area (Å²) >= 11 is 19.0. The summed E-state index contributed by atoms with van der Waals surface area (Å²) in [7, 11) is -3.73. The van der Waals surface area contributed by atoms with Crippen LogP contribution in [-0.4, -0.2) is 50.0 Å². The van der Waals surface area contributed by atoms with Crippen LogP contribution in [0.2, 0.25) is 15.1 Å². The summed E-state index contributed by atoms with van der Waals surface area (Å²) in [6.45, 7) is 0.131. The topological polar surface area (TPSA) is 86.8 Å². The zero-order valence-corrected chi connectivity index (χ0v) is 27.1. The third kappa shape index (κ3) is 9.35. The number of nitrogens with one attached hydrogen (secondary N) is 1. The van der Waals surface area contributed by atoms with E-state index in [4.69, 9.17) is 34.8 Å². The molecule has 1 aliphatic rings. The van der Waals surface area contributed by atoms with Crippen molar-refractivity contribution in [2.24, 2.45) is 0 Å². The summed E-state index contributed by atoms with van der Waals surface area (Å²) in [6.07, 6.45) is 5.54. The lowest BCUT2D eigenvalue weighted by atomic mass is 10.0. The van der Waals surface area contributed by atoms with E-state index in [1.54, 1.807) is 17.0 Å². The number of hydrogen-bond donors (Lipinski definition) is 1. The molecule has 0 radical (unpaired) electrons. The second kappa shape index (κ2) is 15.3. The molecule has 2 amide bonds. The molecule has 1 fully saturated rings. The van der Waals surface area contributed by atoms with E-state index in [9.17, 15) is 18.0 Å². The molecule has 7 nitrogen and oxygen atoms in total. The molecule has 11 heteroatoms. The van der Waals surface area contributed by atoms with Gasteiger partial charge in [0, 0.05) is 42.0 Å². The number of halogens is 3. The molecule has 1 saturated carbocycles. The monoisotopic (exact) mass is 663 g/mol. The first-order chi connectivity index (χ1) is 20.5. The number of hydrogen-bond acceptors (Lipinski definition) is 4. The lowest BCUT2D eigenvalue weighted by Crippen LogP contribution is -2.52. The lowest BCUT2D eigenvalue weighted by molar-refractivity contribution is -0.141. The molecule has 3 aromatic rings. The SMILES string of the molecule is CS(=O)(=O)N(CCCC(=O)N(Cc1ccccc1Cl)C(Cc1ccccc1)C(=O)NC1CCCC1)c1cc(Cl)ccc1Cl. The Bertz CT molecular complexity index is 1520. The molecule has 43 heavy (non-hydrogen) atoms. The van der Waals surface area contributed by atoms with E-state index in [1.807, 2.05) is 48.5 Å². The first-order valence-corrected chi connectivity index (χ1v) is 17.3. The van der Waals surface area contributed by atoms with Gasteiger partial charge in [0.25, 0.3) is 0 Å². The third-order valence-corrected chi connectivity index (χ3v) is 9.70. The van der Waals surface area contributed by atoms with Crippen LogP contribution in [0, 0.1) is 0 Å². The van der Waals surface area contributed by atoms with Crippen LogP contribution >= 0.6 is 34.8 Å². The summed E-state index contributed by atoms with van der Waals surface area (Å²) in [6, 6.07) is 20.7. The van der Waals surface area contributed by atoms with Gasteiger partial charge in [0.15, 0.2) is 0 Å². The Hall–Kier alpha value is -2.78. The summed E-state index contributed by atoms with van der Waals surface area (Å²) < 4.78 is 26.6. The van der Waals surface area contributed by atoms with Crippen molar-refractivity contribution < 1.29 is 18.0 Å². The summed E-state index contributed by atoms with van der Waals surface area (Å²) in [5.41, 5.74) is 1.88. The Kier molecular flexibility index (Phi) is 11.8. The van der Waals surface area contributed by atoms with Gasteiger partial charge in [0.05, 0.1) is 17.0 Å². The first-order valence-electron chi connectivity index (χ1n) is 14.3. The highest BCUT2D eigenvalue weighted by Gasteiger charge is 2.32. The Morgan fingerprint density at radius 2 is 1.60 bits per heavy atom. The van der Waals surface area contributed by atoms with Gasteiger partial charge in [-0.1, -0.05) is 96.2 Å². The molecule has 3 aromatic carbocycles. The molecule has 0 heterocycles. The number of anilines is 1. The second-order valence-corrected chi connectivity index (χ2v) is 14.0. The fraction of sp³-hybridized carbons (Fsp3) is 0.375.